The van der Waals surface area contributed by atoms with E-state index in [1.54, 1.807) is 12.4 Å². The molecule has 0 amide bonds. The Morgan fingerprint density at radius 3 is 1.77 bits per heavy atom. The Kier molecular flexibility index (Phi) is 14.6. The van der Waals surface area contributed by atoms with Crippen molar-refractivity contribution >= 4 is 0 Å². The highest BCUT2D eigenvalue weighted by Gasteiger charge is 2.83. The molecule has 0 N–H and O–H groups in total. The summed E-state index contributed by atoms with van der Waals surface area (Å²) in [5.74, 6) is -14.0. The predicted molar refractivity (Wildman–Crippen MR) is 146 cm³/mol. The third kappa shape index (κ3) is 10.5. The molecule has 43 heavy (non-hydrogen) atoms. The number of unbranched alkanes of at least 4 members (excludes halogenated alkanes) is 7. The van der Waals surface area contributed by atoms with Gasteiger partial charge in [0, 0.05) is 31.2 Å². The molecule has 0 aliphatic heterocycles. The molecule has 13 heteroatoms. The lowest BCUT2D eigenvalue weighted by Crippen LogP contribution is -2.64. The zero-order chi connectivity index (χ0) is 32.0. The van der Waals surface area contributed by atoms with E-state index in [0.29, 0.717) is 12.2 Å². The Morgan fingerprint density at radius 1 is 0.605 bits per heavy atom. The third-order valence-electron chi connectivity index (χ3n) is 6.62. The molecule has 0 saturated carbocycles. The lowest BCUT2D eigenvalue weighted by Gasteiger charge is -2.35. The molecule has 2 rings (SSSR count). The average Bonchev–Trinajstić information content (AvgIpc) is 2.96. The van der Waals surface area contributed by atoms with Gasteiger partial charge in [-0.05, 0) is 61.9 Å². The molecule has 0 unspecified atom stereocenters. The fourth-order valence-corrected chi connectivity index (χ4v) is 3.94. The summed E-state index contributed by atoms with van der Waals surface area (Å²) in [6.07, 6.45) is 0.336. The van der Waals surface area contributed by atoms with Crippen molar-refractivity contribution in [3.05, 3.63) is 42.2 Å². The molecule has 0 radical (unpaired) electrons. The molecule has 5 nitrogen and oxygen atoms in total. The van der Waals surface area contributed by atoms with Crippen LogP contribution in [0.5, 0.6) is 5.75 Å². The van der Waals surface area contributed by atoms with Crippen molar-refractivity contribution < 1.29 is 49.3 Å². The van der Waals surface area contributed by atoms with E-state index in [0.717, 1.165) is 74.8 Å². The maximum atomic E-state index is 14.3. The normalized spacial score (nSPS) is 13.0. The van der Waals surface area contributed by atoms with Gasteiger partial charge in [0.25, 0.3) is 0 Å². The van der Waals surface area contributed by atoms with Crippen LogP contribution in [0, 0.1) is 0 Å². The van der Waals surface area contributed by atoms with E-state index >= 15 is 0 Å². The number of halogens is 8. The number of hydrogen-bond donors (Lipinski definition) is 0. The van der Waals surface area contributed by atoms with E-state index in [1.165, 1.54) is 12.8 Å². The number of alkyl halides is 8. The van der Waals surface area contributed by atoms with Gasteiger partial charge in [0.15, 0.2) is 5.82 Å². The third-order valence-corrected chi connectivity index (χ3v) is 6.62. The number of ether oxygens (including phenoxy) is 3. The van der Waals surface area contributed by atoms with Crippen LogP contribution in [0.3, 0.4) is 0 Å². The van der Waals surface area contributed by atoms with Crippen LogP contribution in [-0.4, -0.2) is 53.9 Å². The molecule has 244 valence electrons. The molecule has 2 aromatic rings. The van der Waals surface area contributed by atoms with E-state index < -0.39 is 36.4 Å². The molecule has 1 heterocycles. The number of hydrogen-bond acceptors (Lipinski definition) is 5. The van der Waals surface area contributed by atoms with Gasteiger partial charge >= 0.3 is 24.1 Å². The van der Waals surface area contributed by atoms with Crippen molar-refractivity contribution in [2.75, 3.05) is 19.8 Å². The van der Waals surface area contributed by atoms with E-state index in [2.05, 4.69) is 26.4 Å². The fraction of sp³-hybridized carbons (Fsp3) is 0.667. The van der Waals surface area contributed by atoms with Crippen LogP contribution < -0.4 is 4.74 Å². The minimum Gasteiger partial charge on any atom is -0.428 e. The van der Waals surface area contributed by atoms with Crippen molar-refractivity contribution in [2.24, 2.45) is 0 Å². The minimum atomic E-state index is -6.64. The summed E-state index contributed by atoms with van der Waals surface area (Å²) < 4.78 is 126. The van der Waals surface area contributed by atoms with Crippen molar-refractivity contribution in [3.63, 3.8) is 0 Å². The highest BCUT2D eigenvalue weighted by molar-refractivity contribution is 5.56. The number of rotatable bonds is 22. The first-order valence-corrected chi connectivity index (χ1v) is 14.6. The fourth-order valence-electron chi connectivity index (χ4n) is 3.94. The van der Waals surface area contributed by atoms with Crippen LogP contribution in [0.2, 0.25) is 0 Å². The second-order valence-electron chi connectivity index (χ2n) is 10.3. The lowest BCUT2D eigenvalue weighted by molar-refractivity contribution is -0.450. The van der Waals surface area contributed by atoms with Gasteiger partial charge in [0.1, 0.15) is 5.75 Å². The van der Waals surface area contributed by atoms with Crippen molar-refractivity contribution in [2.45, 2.75) is 109 Å². The number of benzene rings is 1. The van der Waals surface area contributed by atoms with Crippen LogP contribution in [0.25, 0.3) is 11.4 Å². The molecular formula is C30H40F8N2O3. The average molecular weight is 629 g/mol. The van der Waals surface area contributed by atoms with Gasteiger partial charge in [-0.15, -0.1) is 0 Å². The molecular weight excluding hydrogens is 588 g/mol. The second-order valence-corrected chi connectivity index (χ2v) is 10.3. The number of aromatic nitrogens is 2. The Balaban J connectivity index is 1.95. The van der Waals surface area contributed by atoms with Gasteiger partial charge in [-0.25, -0.2) is 9.97 Å². The quantitative estimate of drug-likeness (QED) is 0.0961. The second kappa shape index (κ2) is 17.1. The maximum Gasteiger partial charge on any atom is 0.471 e. The maximum absolute atomic E-state index is 14.3. The van der Waals surface area contributed by atoms with Crippen molar-refractivity contribution in [1.29, 1.82) is 0 Å². The molecule has 0 fully saturated rings. The zero-order valence-electron chi connectivity index (χ0n) is 24.5. The Hall–Kier alpha value is -2.54. The molecule has 0 bridgehead atoms. The van der Waals surface area contributed by atoms with Crippen molar-refractivity contribution in [1.82, 2.24) is 9.97 Å². The van der Waals surface area contributed by atoms with E-state index in [-0.39, 0.29) is 25.3 Å². The summed E-state index contributed by atoms with van der Waals surface area (Å²) in [5.41, 5.74) is 1.20. The summed E-state index contributed by atoms with van der Waals surface area (Å²) in [4.78, 5) is 8.42. The summed E-state index contributed by atoms with van der Waals surface area (Å²) in [7, 11) is 0. The standard InChI is InChI=1S/C30H40F8N2O3/c1-3-5-7-8-9-10-13-23-21-39-26(40-22-23)24-14-16-25(17-15-24)43-30(37,38)28(33,34)27(31,32)29(35,36)42-20-12-11-19-41-18-6-4-2/h14-17,21-22H,3-13,18-20H2,1-2H3. The molecule has 0 aliphatic rings. The zero-order valence-corrected chi connectivity index (χ0v) is 24.5. The van der Waals surface area contributed by atoms with Crippen LogP contribution in [0.1, 0.15) is 83.6 Å². The van der Waals surface area contributed by atoms with Crippen LogP contribution in [-0.2, 0) is 15.9 Å². The molecule has 1 aromatic heterocycles. The summed E-state index contributed by atoms with van der Waals surface area (Å²) >= 11 is 0. The highest BCUT2D eigenvalue weighted by Crippen LogP contribution is 2.53. The van der Waals surface area contributed by atoms with Crippen LogP contribution >= 0.6 is 0 Å². The van der Waals surface area contributed by atoms with Gasteiger partial charge < -0.3 is 14.2 Å². The van der Waals surface area contributed by atoms with Gasteiger partial charge in [-0.1, -0.05) is 52.4 Å². The van der Waals surface area contributed by atoms with E-state index in [1.807, 2.05) is 6.92 Å². The van der Waals surface area contributed by atoms with E-state index in [9.17, 15) is 35.1 Å². The highest BCUT2D eigenvalue weighted by atomic mass is 19.4. The Morgan fingerprint density at radius 2 is 1.14 bits per heavy atom. The first-order valence-electron chi connectivity index (χ1n) is 14.6. The molecule has 0 saturated heterocycles. The Bertz CT molecular complexity index is 1050. The Labute approximate surface area is 247 Å². The van der Waals surface area contributed by atoms with Crippen molar-refractivity contribution in [3.8, 4) is 17.1 Å². The summed E-state index contributed by atoms with van der Waals surface area (Å²) in [5, 5.41) is 0. The van der Waals surface area contributed by atoms with E-state index in [4.69, 9.17) is 4.74 Å². The SMILES string of the molecule is CCCCCCCCc1cnc(-c2ccc(OC(F)(F)C(F)(F)C(F)(F)C(F)(F)OCCCCOCCCC)cc2)nc1. The first-order chi connectivity index (χ1) is 20.3. The molecule has 0 spiro atoms. The number of aryl methyl sites for hydroxylation is 1. The number of nitrogens with zero attached hydrogens (tertiary/aromatic N) is 2. The summed E-state index contributed by atoms with van der Waals surface area (Å²) in [6, 6.07) is 3.88. The van der Waals surface area contributed by atoms with Gasteiger partial charge in [0.2, 0.25) is 0 Å². The minimum absolute atomic E-state index is 0.114. The monoisotopic (exact) mass is 628 g/mol. The van der Waals surface area contributed by atoms with Crippen LogP contribution in [0.15, 0.2) is 36.7 Å². The molecule has 1 aromatic carbocycles. The largest absolute Gasteiger partial charge is 0.471 e. The molecule has 0 aliphatic carbocycles. The topological polar surface area (TPSA) is 53.5 Å². The van der Waals surface area contributed by atoms with Crippen LogP contribution in [0.4, 0.5) is 35.1 Å². The lowest BCUT2D eigenvalue weighted by atomic mass is 10.1. The molecule has 0 atom stereocenters. The van der Waals surface area contributed by atoms with Gasteiger partial charge in [-0.2, -0.15) is 35.1 Å². The van der Waals surface area contributed by atoms with Gasteiger partial charge in [-0.3, -0.25) is 0 Å². The van der Waals surface area contributed by atoms with Gasteiger partial charge in [0.05, 0.1) is 6.61 Å². The smallest absolute Gasteiger partial charge is 0.428 e. The summed E-state index contributed by atoms with van der Waals surface area (Å²) in [6.45, 7) is 3.52. The predicted octanol–water partition coefficient (Wildman–Crippen LogP) is 9.50. The first kappa shape index (κ1) is 36.7.